The quantitative estimate of drug-likeness (QED) is 0.594. The number of nitrogens with zero attached hydrogens (tertiary/aromatic N) is 4. The summed E-state index contributed by atoms with van der Waals surface area (Å²) in [7, 11) is 0. The first-order valence-corrected chi connectivity index (χ1v) is 9.61. The summed E-state index contributed by atoms with van der Waals surface area (Å²) in [5, 5.41) is 13.3. The lowest BCUT2D eigenvalue weighted by atomic mass is 10.0. The van der Waals surface area contributed by atoms with Crippen molar-refractivity contribution in [2.24, 2.45) is 0 Å². The normalized spacial score (nSPS) is 14.6. The molecule has 3 heterocycles. The monoisotopic (exact) mass is 413 g/mol. The van der Waals surface area contributed by atoms with Gasteiger partial charge in [-0.3, -0.25) is 9.89 Å². The Morgan fingerprint density at radius 3 is 2.57 bits per heavy atom. The summed E-state index contributed by atoms with van der Waals surface area (Å²) in [4.78, 5) is 22.6. The number of nitrogens with one attached hydrogen (secondary N) is 3. The van der Waals surface area contributed by atoms with Crippen LogP contribution in [0, 0.1) is 18.6 Å². The van der Waals surface area contributed by atoms with E-state index in [1.807, 2.05) is 13.0 Å². The van der Waals surface area contributed by atoms with Crippen LogP contribution in [0.25, 0.3) is 0 Å². The maximum Gasteiger partial charge on any atom is 0.259 e. The summed E-state index contributed by atoms with van der Waals surface area (Å²) in [5.74, 6) is -0.598. The predicted octanol–water partition coefficient (Wildman–Crippen LogP) is 3.25. The number of H-pyrrole nitrogens is 1. The van der Waals surface area contributed by atoms with E-state index in [1.165, 1.54) is 11.0 Å². The van der Waals surface area contributed by atoms with E-state index in [-0.39, 0.29) is 6.04 Å². The second kappa shape index (κ2) is 8.44. The van der Waals surface area contributed by atoms with E-state index in [1.54, 1.807) is 12.3 Å². The Kier molecular flexibility index (Phi) is 5.55. The lowest BCUT2D eigenvalue weighted by molar-refractivity contribution is 0.0708. The van der Waals surface area contributed by atoms with Crippen LogP contribution in [0.1, 0.15) is 28.9 Å². The van der Waals surface area contributed by atoms with Crippen molar-refractivity contribution in [1.82, 2.24) is 25.1 Å². The van der Waals surface area contributed by atoms with Gasteiger partial charge in [-0.2, -0.15) is 10.1 Å². The molecule has 3 aromatic rings. The summed E-state index contributed by atoms with van der Waals surface area (Å²) in [6.45, 7) is 2.67. The fourth-order valence-electron chi connectivity index (χ4n) is 3.38. The number of likely N-dealkylation sites (tertiary alicyclic amines) is 1. The number of hydrogen-bond acceptors (Lipinski definition) is 6. The number of piperidine rings is 1. The van der Waals surface area contributed by atoms with E-state index < -0.39 is 23.1 Å². The lowest BCUT2D eigenvalue weighted by Gasteiger charge is -2.32. The average molecular weight is 413 g/mol. The van der Waals surface area contributed by atoms with Gasteiger partial charge in [0.2, 0.25) is 5.95 Å². The van der Waals surface area contributed by atoms with Crippen LogP contribution in [0.5, 0.6) is 0 Å². The van der Waals surface area contributed by atoms with Gasteiger partial charge in [0, 0.05) is 37.1 Å². The maximum absolute atomic E-state index is 13.9. The van der Waals surface area contributed by atoms with E-state index in [9.17, 15) is 13.6 Å². The SMILES string of the molecule is Cc1cc(Nc2ccnc(NC3CCN(C(=O)c4c(F)cccc4F)CC3)n2)n[nH]1. The van der Waals surface area contributed by atoms with Gasteiger partial charge in [0.15, 0.2) is 5.82 Å². The van der Waals surface area contributed by atoms with Gasteiger partial charge >= 0.3 is 0 Å². The van der Waals surface area contributed by atoms with Gasteiger partial charge in [-0.05, 0) is 38.0 Å². The molecule has 30 heavy (non-hydrogen) atoms. The Hall–Kier alpha value is -3.56. The average Bonchev–Trinajstić information content (AvgIpc) is 3.13. The predicted molar refractivity (Wildman–Crippen MR) is 108 cm³/mol. The summed E-state index contributed by atoms with van der Waals surface area (Å²) in [6.07, 6.45) is 2.86. The number of carbonyl (C=O) groups excluding carboxylic acids is 1. The minimum atomic E-state index is -0.843. The van der Waals surface area contributed by atoms with E-state index >= 15 is 0 Å². The first-order chi connectivity index (χ1) is 14.5. The van der Waals surface area contributed by atoms with Gasteiger partial charge in [-0.15, -0.1) is 0 Å². The van der Waals surface area contributed by atoms with E-state index in [0.29, 0.717) is 43.5 Å². The number of aromatic amines is 1. The largest absolute Gasteiger partial charge is 0.351 e. The number of rotatable bonds is 5. The molecule has 1 amide bonds. The molecule has 4 rings (SSSR count). The van der Waals surface area contributed by atoms with Crippen LogP contribution in [0.2, 0.25) is 0 Å². The molecule has 0 spiro atoms. The molecule has 1 aromatic carbocycles. The summed E-state index contributed by atoms with van der Waals surface area (Å²) in [6, 6.07) is 7.07. The highest BCUT2D eigenvalue weighted by Gasteiger charge is 2.27. The zero-order valence-corrected chi connectivity index (χ0v) is 16.3. The van der Waals surface area contributed by atoms with Crippen LogP contribution in [0.4, 0.5) is 26.4 Å². The number of carbonyl (C=O) groups is 1. The molecule has 0 radical (unpaired) electrons. The molecular formula is C20H21F2N7O. The highest BCUT2D eigenvalue weighted by atomic mass is 19.1. The first kappa shape index (κ1) is 19.7. The smallest absolute Gasteiger partial charge is 0.259 e. The molecule has 1 aliphatic rings. The molecule has 0 atom stereocenters. The molecule has 1 fully saturated rings. The van der Waals surface area contributed by atoms with Crippen LogP contribution in [-0.4, -0.2) is 50.1 Å². The fourth-order valence-corrected chi connectivity index (χ4v) is 3.38. The minimum Gasteiger partial charge on any atom is -0.351 e. The number of benzene rings is 1. The highest BCUT2D eigenvalue weighted by molar-refractivity contribution is 5.94. The standard InChI is InChI=1S/C20H21F2N7O/c1-12-11-17(28-27-12)25-16-5-8-23-20(26-16)24-13-6-9-29(10-7-13)19(30)18-14(21)3-2-4-15(18)22/h2-5,8,11,13H,6-7,9-10H2,1H3,(H3,23,24,25,26,27,28). The summed E-state index contributed by atoms with van der Waals surface area (Å²) < 4.78 is 27.8. The van der Waals surface area contributed by atoms with Crippen molar-refractivity contribution in [2.45, 2.75) is 25.8 Å². The van der Waals surface area contributed by atoms with E-state index in [2.05, 4.69) is 30.8 Å². The van der Waals surface area contributed by atoms with Gasteiger partial charge in [0.25, 0.3) is 5.91 Å². The number of anilines is 3. The zero-order valence-electron chi connectivity index (χ0n) is 16.3. The molecule has 1 saturated heterocycles. The van der Waals surface area contributed by atoms with Gasteiger partial charge in [0.05, 0.1) is 0 Å². The Morgan fingerprint density at radius 2 is 1.90 bits per heavy atom. The molecule has 0 saturated carbocycles. The Labute approximate surface area is 171 Å². The highest BCUT2D eigenvalue weighted by Crippen LogP contribution is 2.20. The van der Waals surface area contributed by atoms with Crippen LogP contribution in [-0.2, 0) is 0 Å². The Bertz CT molecular complexity index is 1030. The Balaban J connectivity index is 1.35. The van der Waals surface area contributed by atoms with Gasteiger partial charge < -0.3 is 15.5 Å². The van der Waals surface area contributed by atoms with Crippen molar-refractivity contribution < 1.29 is 13.6 Å². The molecule has 156 valence electrons. The third-order valence-corrected chi connectivity index (χ3v) is 4.91. The van der Waals surface area contributed by atoms with Crippen LogP contribution < -0.4 is 10.6 Å². The van der Waals surface area contributed by atoms with E-state index in [4.69, 9.17) is 0 Å². The molecule has 0 aliphatic carbocycles. The van der Waals surface area contributed by atoms with Crippen molar-refractivity contribution in [2.75, 3.05) is 23.7 Å². The topological polar surface area (TPSA) is 98.8 Å². The minimum absolute atomic E-state index is 0.0439. The third kappa shape index (κ3) is 4.37. The molecule has 1 aliphatic heterocycles. The number of aromatic nitrogens is 4. The van der Waals surface area contributed by atoms with Crippen LogP contribution in [0.15, 0.2) is 36.5 Å². The second-order valence-electron chi connectivity index (χ2n) is 7.13. The molecule has 2 aromatic heterocycles. The van der Waals surface area contributed by atoms with Crippen LogP contribution in [0.3, 0.4) is 0 Å². The van der Waals surface area contributed by atoms with Crippen molar-refractivity contribution in [1.29, 1.82) is 0 Å². The van der Waals surface area contributed by atoms with Crippen molar-refractivity contribution in [3.05, 3.63) is 59.4 Å². The van der Waals surface area contributed by atoms with Crippen LogP contribution >= 0.6 is 0 Å². The molecule has 0 unspecified atom stereocenters. The second-order valence-corrected chi connectivity index (χ2v) is 7.13. The summed E-state index contributed by atoms with van der Waals surface area (Å²) >= 11 is 0. The molecule has 10 heteroatoms. The van der Waals surface area contributed by atoms with E-state index in [0.717, 1.165) is 17.8 Å². The molecule has 8 nitrogen and oxygen atoms in total. The summed E-state index contributed by atoms with van der Waals surface area (Å²) in [5.41, 5.74) is 0.432. The third-order valence-electron chi connectivity index (χ3n) is 4.91. The molecule has 3 N–H and O–H groups in total. The molecule has 0 bridgehead atoms. The number of amides is 1. The first-order valence-electron chi connectivity index (χ1n) is 9.61. The van der Waals surface area contributed by atoms with Gasteiger partial charge in [-0.1, -0.05) is 6.07 Å². The van der Waals surface area contributed by atoms with Gasteiger partial charge in [0.1, 0.15) is 23.0 Å². The fraction of sp³-hybridized carbons (Fsp3) is 0.300. The number of aryl methyl sites for hydroxylation is 1. The lowest BCUT2D eigenvalue weighted by Crippen LogP contribution is -2.43. The zero-order chi connectivity index (χ0) is 21.1. The van der Waals surface area contributed by atoms with Gasteiger partial charge in [-0.25, -0.2) is 13.8 Å². The van der Waals surface area contributed by atoms with Crippen molar-refractivity contribution >= 4 is 23.5 Å². The number of halogens is 2. The van der Waals surface area contributed by atoms with Crippen molar-refractivity contribution in [3.63, 3.8) is 0 Å². The molecular weight excluding hydrogens is 392 g/mol. The van der Waals surface area contributed by atoms with Crippen molar-refractivity contribution in [3.8, 4) is 0 Å². The number of hydrogen-bond donors (Lipinski definition) is 3. The maximum atomic E-state index is 13.9. The Morgan fingerprint density at radius 1 is 1.17 bits per heavy atom.